The quantitative estimate of drug-likeness (QED) is 0.156. The summed E-state index contributed by atoms with van der Waals surface area (Å²) >= 11 is 0. The van der Waals surface area contributed by atoms with Gasteiger partial charge < -0.3 is 9.80 Å². The molecule has 3 heteroatoms. The van der Waals surface area contributed by atoms with Crippen molar-refractivity contribution in [3.05, 3.63) is 210 Å². The van der Waals surface area contributed by atoms with E-state index in [1.807, 2.05) is 18.3 Å². The van der Waals surface area contributed by atoms with Gasteiger partial charge in [-0.1, -0.05) is 129 Å². The summed E-state index contributed by atoms with van der Waals surface area (Å²) in [4.78, 5) is 9.35. The van der Waals surface area contributed by atoms with Gasteiger partial charge in [0.05, 0.1) is 17.1 Å². The van der Waals surface area contributed by atoms with E-state index in [-0.39, 0.29) is 5.41 Å². The molecule has 1 aliphatic rings. The molecule has 254 valence electrons. The van der Waals surface area contributed by atoms with Crippen LogP contribution in [0.4, 0.5) is 34.1 Å². The van der Waals surface area contributed by atoms with Crippen LogP contribution in [0.1, 0.15) is 36.1 Å². The topological polar surface area (TPSA) is 19.4 Å². The Balaban J connectivity index is 1.05. The highest BCUT2D eigenvalue weighted by Gasteiger charge is 2.36. The monoisotopic (exact) mass is 681 g/mol. The van der Waals surface area contributed by atoms with Crippen LogP contribution in [0.5, 0.6) is 0 Å². The lowest BCUT2D eigenvalue weighted by Crippen LogP contribution is -2.30. The lowest BCUT2D eigenvalue weighted by molar-refractivity contribution is 0.631. The Morgan fingerprint density at radius 2 is 1.17 bits per heavy atom. The first-order valence-corrected chi connectivity index (χ1v) is 18.2. The highest BCUT2D eigenvalue weighted by molar-refractivity contribution is 5.90. The third-order valence-corrected chi connectivity index (χ3v) is 10.4. The van der Waals surface area contributed by atoms with Gasteiger partial charge in [-0.15, -0.1) is 0 Å². The fourth-order valence-corrected chi connectivity index (χ4v) is 7.71. The van der Waals surface area contributed by atoms with Gasteiger partial charge in [0.25, 0.3) is 0 Å². The highest BCUT2D eigenvalue weighted by Crippen LogP contribution is 2.52. The van der Waals surface area contributed by atoms with Crippen LogP contribution >= 0.6 is 0 Å². The second-order valence-electron chi connectivity index (χ2n) is 14.1. The molecule has 1 aliphatic heterocycles. The van der Waals surface area contributed by atoms with Gasteiger partial charge in [0.2, 0.25) is 0 Å². The maximum Gasteiger partial charge on any atom is 0.0702 e. The van der Waals surface area contributed by atoms with Crippen LogP contribution in [-0.4, -0.2) is 4.98 Å². The van der Waals surface area contributed by atoms with Gasteiger partial charge in [-0.2, -0.15) is 0 Å². The van der Waals surface area contributed by atoms with E-state index in [0.717, 1.165) is 39.6 Å². The lowest BCUT2D eigenvalue weighted by Gasteiger charge is -2.42. The molecule has 2 heterocycles. The number of benzene rings is 7. The SMILES string of the molecule is CC1(C)c2ccccc2N(c2cccc(-c3ccccn3)c2)c2ccc(/C=C/c3ccc(N(c4ccccc4)c4ccc5ccccc5c4)cc3)cc21. The van der Waals surface area contributed by atoms with Crippen LogP contribution in [0, 0.1) is 0 Å². The molecule has 8 aromatic rings. The molecule has 0 aliphatic carbocycles. The van der Waals surface area contributed by atoms with E-state index in [4.69, 9.17) is 0 Å². The summed E-state index contributed by atoms with van der Waals surface area (Å²) in [7, 11) is 0. The predicted molar refractivity (Wildman–Crippen MR) is 224 cm³/mol. The molecule has 0 unspecified atom stereocenters. The van der Waals surface area contributed by atoms with E-state index in [2.05, 4.69) is 211 Å². The van der Waals surface area contributed by atoms with Gasteiger partial charge in [-0.05, 0) is 112 Å². The molecule has 9 rings (SSSR count). The minimum Gasteiger partial charge on any atom is -0.310 e. The number of nitrogens with zero attached hydrogens (tertiary/aromatic N) is 3. The van der Waals surface area contributed by atoms with Crippen LogP contribution in [0.3, 0.4) is 0 Å². The molecule has 0 atom stereocenters. The molecule has 3 nitrogen and oxygen atoms in total. The van der Waals surface area contributed by atoms with Crippen molar-refractivity contribution in [3.8, 4) is 11.3 Å². The van der Waals surface area contributed by atoms with Crippen molar-refractivity contribution < 1.29 is 0 Å². The van der Waals surface area contributed by atoms with Gasteiger partial charge in [0, 0.05) is 39.9 Å². The molecular formula is C50H39N3. The standard InChI is InChI=1S/C50H39N3/c1-50(2)45-19-8-9-21-48(45)53(43-18-12-15-40(35-43)47-20-10-11-32-51-47)49-31-26-37(33-46(49)50)23-22-36-24-28-42(29-25-36)52(41-16-4-3-5-17-41)44-30-27-38-13-6-7-14-39(38)34-44/h3-35H,1-2H3/b23-22+. The summed E-state index contributed by atoms with van der Waals surface area (Å²) in [5.41, 5.74) is 13.7. The number of para-hydroxylation sites is 2. The molecule has 0 amide bonds. The van der Waals surface area contributed by atoms with Gasteiger partial charge in [0.15, 0.2) is 0 Å². The zero-order valence-electron chi connectivity index (χ0n) is 29.9. The molecule has 0 radical (unpaired) electrons. The number of anilines is 6. The van der Waals surface area contributed by atoms with Gasteiger partial charge in [-0.25, -0.2) is 0 Å². The Kier molecular flexibility index (Phi) is 8.17. The molecule has 0 fully saturated rings. The molecule has 0 bridgehead atoms. The fraction of sp³-hybridized carbons (Fsp3) is 0.0600. The van der Waals surface area contributed by atoms with Crippen LogP contribution < -0.4 is 9.80 Å². The fourth-order valence-electron chi connectivity index (χ4n) is 7.71. The van der Waals surface area contributed by atoms with E-state index in [1.54, 1.807) is 0 Å². The first kappa shape index (κ1) is 32.2. The number of aromatic nitrogens is 1. The van der Waals surface area contributed by atoms with E-state index in [1.165, 1.54) is 38.8 Å². The summed E-state index contributed by atoms with van der Waals surface area (Å²) in [6.45, 7) is 4.68. The molecule has 0 N–H and O–H groups in total. The second kappa shape index (κ2) is 13.4. The Bertz CT molecular complexity index is 2590. The summed E-state index contributed by atoms with van der Waals surface area (Å²) in [6.07, 6.45) is 6.30. The highest BCUT2D eigenvalue weighted by atomic mass is 15.2. The lowest BCUT2D eigenvalue weighted by atomic mass is 9.73. The smallest absolute Gasteiger partial charge is 0.0702 e. The first-order chi connectivity index (χ1) is 26.0. The predicted octanol–water partition coefficient (Wildman–Crippen LogP) is 13.7. The molecule has 7 aromatic carbocycles. The maximum atomic E-state index is 4.63. The number of fused-ring (bicyclic) bond motifs is 3. The van der Waals surface area contributed by atoms with E-state index >= 15 is 0 Å². The van der Waals surface area contributed by atoms with E-state index in [9.17, 15) is 0 Å². The van der Waals surface area contributed by atoms with Crippen molar-refractivity contribution in [2.24, 2.45) is 0 Å². The molecular weight excluding hydrogens is 643 g/mol. The average Bonchev–Trinajstić information content (AvgIpc) is 3.22. The van der Waals surface area contributed by atoms with Crippen molar-refractivity contribution in [3.63, 3.8) is 0 Å². The van der Waals surface area contributed by atoms with Crippen LogP contribution in [0.25, 0.3) is 34.2 Å². The summed E-state index contributed by atoms with van der Waals surface area (Å²) in [5.74, 6) is 0. The molecule has 0 spiro atoms. The van der Waals surface area contributed by atoms with Crippen molar-refractivity contribution in [1.29, 1.82) is 0 Å². The number of pyridine rings is 1. The minimum absolute atomic E-state index is 0.184. The van der Waals surface area contributed by atoms with E-state index in [0.29, 0.717) is 0 Å². The summed E-state index contributed by atoms with van der Waals surface area (Å²) in [5, 5.41) is 2.46. The number of hydrogen-bond donors (Lipinski definition) is 0. The van der Waals surface area contributed by atoms with Crippen LogP contribution in [0.2, 0.25) is 0 Å². The Hall–Kier alpha value is -6.71. The average molecular weight is 682 g/mol. The normalized spacial score (nSPS) is 13.1. The van der Waals surface area contributed by atoms with Crippen LogP contribution in [-0.2, 0) is 5.41 Å². The molecule has 53 heavy (non-hydrogen) atoms. The number of hydrogen-bond acceptors (Lipinski definition) is 3. The van der Waals surface area contributed by atoms with Crippen LogP contribution in [0.15, 0.2) is 188 Å². The van der Waals surface area contributed by atoms with Crippen molar-refractivity contribution in [1.82, 2.24) is 4.98 Å². The van der Waals surface area contributed by atoms with Gasteiger partial charge in [0.1, 0.15) is 0 Å². The zero-order valence-corrected chi connectivity index (χ0v) is 29.9. The maximum absolute atomic E-state index is 4.63. The Labute approximate surface area is 311 Å². The van der Waals surface area contributed by atoms with E-state index < -0.39 is 0 Å². The van der Waals surface area contributed by atoms with Gasteiger partial charge >= 0.3 is 0 Å². The summed E-state index contributed by atoms with van der Waals surface area (Å²) < 4.78 is 0. The molecule has 1 aromatic heterocycles. The zero-order chi connectivity index (χ0) is 35.8. The van der Waals surface area contributed by atoms with Crippen molar-refractivity contribution in [2.75, 3.05) is 9.80 Å². The van der Waals surface area contributed by atoms with Crippen molar-refractivity contribution >= 4 is 57.0 Å². The summed E-state index contributed by atoms with van der Waals surface area (Å²) in [6, 6.07) is 65.1. The third kappa shape index (κ3) is 6.07. The molecule has 0 saturated carbocycles. The number of rotatable bonds is 7. The first-order valence-electron chi connectivity index (χ1n) is 18.2. The largest absolute Gasteiger partial charge is 0.310 e. The minimum atomic E-state index is -0.184. The van der Waals surface area contributed by atoms with Crippen molar-refractivity contribution in [2.45, 2.75) is 19.3 Å². The Morgan fingerprint density at radius 3 is 2.00 bits per heavy atom. The second-order valence-corrected chi connectivity index (χ2v) is 14.1. The third-order valence-electron chi connectivity index (χ3n) is 10.4. The van der Waals surface area contributed by atoms with Gasteiger partial charge in [-0.3, -0.25) is 4.98 Å². The molecule has 0 saturated heterocycles. The Morgan fingerprint density at radius 1 is 0.491 bits per heavy atom.